The van der Waals surface area contributed by atoms with E-state index in [0.717, 1.165) is 23.1 Å². The average molecular weight is 162 g/mol. The number of rotatable bonds is 1. The van der Waals surface area contributed by atoms with Gasteiger partial charge in [-0.1, -0.05) is 12.1 Å². The van der Waals surface area contributed by atoms with Crippen LogP contribution >= 0.6 is 0 Å². The highest BCUT2D eigenvalue weighted by molar-refractivity contribution is 5.73. The summed E-state index contributed by atoms with van der Waals surface area (Å²) in [4.78, 5) is 4.26. The zero-order chi connectivity index (χ0) is 8.55. The van der Waals surface area contributed by atoms with Gasteiger partial charge in [0, 0.05) is 12.7 Å². The predicted molar refractivity (Wildman–Crippen MR) is 45.7 cm³/mol. The summed E-state index contributed by atoms with van der Waals surface area (Å²) in [5.74, 6) is 0. The van der Waals surface area contributed by atoms with Crippen LogP contribution in [0.4, 0.5) is 0 Å². The van der Waals surface area contributed by atoms with Gasteiger partial charge < -0.3 is 0 Å². The summed E-state index contributed by atoms with van der Waals surface area (Å²) in [6.45, 7) is 2.07. The Labute approximate surface area is 70.2 Å². The minimum Gasteiger partial charge on any atom is -0.259 e. The van der Waals surface area contributed by atoms with Crippen molar-refractivity contribution < 1.29 is 0 Å². The molecular weight excluding hydrogens is 152 g/mol. The highest BCUT2D eigenvalue weighted by Crippen LogP contribution is 2.09. The summed E-state index contributed by atoms with van der Waals surface area (Å²) in [7, 11) is 1.86. The Morgan fingerprint density at radius 3 is 3.08 bits per heavy atom. The maximum absolute atomic E-state index is 4.26. The zero-order valence-corrected chi connectivity index (χ0v) is 7.15. The van der Waals surface area contributed by atoms with Gasteiger partial charge in [0.1, 0.15) is 11.0 Å². The third-order valence-corrected chi connectivity index (χ3v) is 1.92. The first kappa shape index (κ1) is 7.21. The second kappa shape index (κ2) is 2.55. The molecule has 0 spiro atoms. The molecule has 0 saturated carbocycles. The van der Waals surface area contributed by atoms with Crippen LogP contribution in [0.15, 0.2) is 12.3 Å². The molecule has 62 valence electrons. The Bertz CT molecular complexity index is 404. The van der Waals surface area contributed by atoms with Crippen LogP contribution in [0, 0.1) is 0 Å². The predicted octanol–water partition coefficient (Wildman–Crippen LogP) is 0.926. The normalized spacial score (nSPS) is 10.8. The van der Waals surface area contributed by atoms with Crippen LogP contribution in [0.2, 0.25) is 0 Å². The van der Waals surface area contributed by atoms with Gasteiger partial charge >= 0.3 is 0 Å². The van der Waals surface area contributed by atoms with Crippen molar-refractivity contribution in [1.29, 1.82) is 0 Å². The molecule has 0 radical (unpaired) electrons. The highest BCUT2D eigenvalue weighted by Gasteiger charge is 2.01. The van der Waals surface area contributed by atoms with Crippen LogP contribution in [0.3, 0.4) is 0 Å². The lowest BCUT2D eigenvalue weighted by atomic mass is 10.3. The molecule has 0 aromatic carbocycles. The Hall–Kier alpha value is -1.45. The SMILES string of the molecule is CCc1cc2nnn(C)c2cn1. The number of hydrogen-bond donors (Lipinski definition) is 0. The molecule has 2 rings (SSSR count). The Balaban J connectivity index is 2.69. The number of fused-ring (bicyclic) bond motifs is 1. The lowest BCUT2D eigenvalue weighted by Gasteiger charge is -1.94. The number of hydrogen-bond acceptors (Lipinski definition) is 3. The van der Waals surface area contributed by atoms with Crippen molar-refractivity contribution in [3.8, 4) is 0 Å². The van der Waals surface area contributed by atoms with Crippen LogP contribution in [0.5, 0.6) is 0 Å². The molecule has 2 aromatic rings. The second-order valence-electron chi connectivity index (χ2n) is 2.73. The molecule has 0 aliphatic rings. The van der Waals surface area contributed by atoms with Crippen molar-refractivity contribution in [2.24, 2.45) is 7.05 Å². The fourth-order valence-corrected chi connectivity index (χ4v) is 1.17. The molecule has 0 N–H and O–H groups in total. The first-order valence-corrected chi connectivity index (χ1v) is 3.95. The monoisotopic (exact) mass is 162 g/mol. The van der Waals surface area contributed by atoms with Crippen molar-refractivity contribution in [1.82, 2.24) is 20.0 Å². The third kappa shape index (κ3) is 0.958. The molecule has 0 bridgehead atoms. The molecule has 4 heteroatoms. The van der Waals surface area contributed by atoms with E-state index in [1.54, 1.807) is 4.68 Å². The van der Waals surface area contributed by atoms with Crippen LogP contribution in [0.25, 0.3) is 11.0 Å². The van der Waals surface area contributed by atoms with Gasteiger partial charge in [-0.25, -0.2) is 4.68 Å². The topological polar surface area (TPSA) is 43.6 Å². The van der Waals surface area contributed by atoms with Gasteiger partial charge in [-0.05, 0) is 12.5 Å². The van der Waals surface area contributed by atoms with Gasteiger partial charge in [0.05, 0.1) is 6.20 Å². The summed E-state index contributed by atoms with van der Waals surface area (Å²) >= 11 is 0. The van der Waals surface area contributed by atoms with Gasteiger partial charge in [0.2, 0.25) is 0 Å². The maximum atomic E-state index is 4.26. The minimum atomic E-state index is 0.921. The van der Waals surface area contributed by atoms with Crippen LogP contribution < -0.4 is 0 Å². The summed E-state index contributed by atoms with van der Waals surface area (Å²) in [5, 5.41) is 7.90. The van der Waals surface area contributed by atoms with Crippen molar-refractivity contribution in [3.05, 3.63) is 18.0 Å². The molecular formula is C8H10N4. The Morgan fingerprint density at radius 2 is 2.33 bits per heavy atom. The smallest absolute Gasteiger partial charge is 0.116 e. The van der Waals surface area contributed by atoms with Crippen molar-refractivity contribution in [2.45, 2.75) is 13.3 Å². The largest absolute Gasteiger partial charge is 0.259 e. The van der Waals surface area contributed by atoms with Crippen LogP contribution in [-0.4, -0.2) is 20.0 Å². The highest BCUT2D eigenvalue weighted by atomic mass is 15.4. The van der Waals surface area contributed by atoms with Gasteiger partial charge in [0.25, 0.3) is 0 Å². The lowest BCUT2D eigenvalue weighted by molar-refractivity contribution is 0.735. The van der Waals surface area contributed by atoms with Crippen LogP contribution in [0.1, 0.15) is 12.6 Å². The van der Waals surface area contributed by atoms with E-state index >= 15 is 0 Å². The molecule has 0 unspecified atom stereocenters. The molecule has 0 aliphatic carbocycles. The van der Waals surface area contributed by atoms with E-state index < -0.39 is 0 Å². The molecule has 12 heavy (non-hydrogen) atoms. The molecule has 0 atom stereocenters. The third-order valence-electron chi connectivity index (χ3n) is 1.92. The standard InChI is InChI=1S/C8H10N4/c1-3-6-4-7-8(5-9-6)12(2)11-10-7/h4-5H,3H2,1-2H3. The molecule has 2 heterocycles. The fraction of sp³-hybridized carbons (Fsp3) is 0.375. The van der Waals surface area contributed by atoms with E-state index in [0.29, 0.717) is 0 Å². The number of aryl methyl sites for hydroxylation is 2. The Kier molecular flexibility index (Phi) is 1.53. The van der Waals surface area contributed by atoms with Gasteiger partial charge in [-0.15, -0.1) is 5.10 Å². The molecule has 0 fully saturated rings. The zero-order valence-electron chi connectivity index (χ0n) is 7.15. The van der Waals surface area contributed by atoms with Gasteiger partial charge in [-0.3, -0.25) is 4.98 Å². The van der Waals surface area contributed by atoms with Crippen LogP contribution in [-0.2, 0) is 13.5 Å². The number of pyridine rings is 1. The van der Waals surface area contributed by atoms with E-state index in [-0.39, 0.29) is 0 Å². The van der Waals surface area contributed by atoms with Crippen molar-refractivity contribution >= 4 is 11.0 Å². The van der Waals surface area contributed by atoms with Crippen molar-refractivity contribution in [3.63, 3.8) is 0 Å². The van der Waals surface area contributed by atoms with Gasteiger partial charge in [0.15, 0.2) is 0 Å². The first-order valence-electron chi connectivity index (χ1n) is 3.95. The molecule has 0 saturated heterocycles. The first-order chi connectivity index (χ1) is 5.81. The molecule has 2 aromatic heterocycles. The lowest BCUT2D eigenvalue weighted by Crippen LogP contribution is -1.91. The summed E-state index contributed by atoms with van der Waals surface area (Å²) in [6, 6.07) is 1.97. The molecule has 0 aliphatic heterocycles. The number of aromatic nitrogens is 4. The van der Waals surface area contributed by atoms with E-state index in [2.05, 4.69) is 22.2 Å². The van der Waals surface area contributed by atoms with E-state index in [9.17, 15) is 0 Å². The van der Waals surface area contributed by atoms with E-state index in [1.165, 1.54) is 0 Å². The molecule has 4 nitrogen and oxygen atoms in total. The van der Waals surface area contributed by atoms with Gasteiger partial charge in [-0.2, -0.15) is 0 Å². The summed E-state index contributed by atoms with van der Waals surface area (Å²) in [6.07, 6.45) is 2.75. The van der Waals surface area contributed by atoms with Crippen molar-refractivity contribution in [2.75, 3.05) is 0 Å². The fourth-order valence-electron chi connectivity index (χ4n) is 1.17. The Morgan fingerprint density at radius 1 is 1.50 bits per heavy atom. The average Bonchev–Trinajstić information content (AvgIpc) is 2.47. The van der Waals surface area contributed by atoms with E-state index in [4.69, 9.17) is 0 Å². The maximum Gasteiger partial charge on any atom is 0.116 e. The summed E-state index contributed by atoms with van der Waals surface area (Å²) < 4.78 is 1.72. The summed E-state index contributed by atoms with van der Waals surface area (Å²) in [5.41, 5.74) is 2.96. The number of nitrogens with zero attached hydrogens (tertiary/aromatic N) is 4. The molecule has 0 amide bonds. The minimum absolute atomic E-state index is 0.921. The second-order valence-corrected chi connectivity index (χ2v) is 2.73. The quantitative estimate of drug-likeness (QED) is 0.626. The van der Waals surface area contributed by atoms with E-state index in [1.807, 2.05) is 19.3 Å².